The number of nitrogens with one attached hydrogen (secondary N) is 1. The second kappa shape index (κ2) is 6.52. The van der Waals surface area contributed by atoms with Crippen LogP contribution in [0.1, 0.15) is 24.7 Å². The van der Waals surface area contributed by atoms with Crippen LogP contribution in [0.2, 0.25) is 5.02 Å². The molecular weight excluding hydrogens is 258 g/mol. The van der Waals surface area contributed by atoms with E-state index in [-0.39, 0.29) is 5.25 Å². The molecule has 1 N–H and O–H groups in total. The third-order valence-electron chi connectivity index (χ3n) is 2.85. The summed E-state index contributed by atoms with van der Waals surface area (Å²) < 4.78 is 13.0. The summed E-state index contributed by atoms with van der Waals surface area (Å²) in [5.41, 5.74) is 1.85. The Hall–Kier alpha value is -0.390. The van der Waals surface area contributed by atoms with Gasteiger partial charge in [0.2, 0.25) is 0 Å². The predicted molar refractivity (Wildman–Crippen MR) is 72.8 cm³/mol. The lowest BCUT2D eigenvalue weighted by molar-refractivity contribution is 0.598. The van der Waals surface area contributed by atoms with Gasteiger partial charge in [-0.3, -0.25) is 8.89 Å². The molecule has 17 heavy (non-hydrogen) atoms. The van der Waals surface area contributed by atoms with Gasteiger partial charge in [0.05, 0.1) is 16.4 Å². The number of hydrogen-bond acceptors (Lipinski definition) is 3. The van der Waals surface area contributed by atoms with Gasteiger partial charge in [-0.05, 0) is 19.9 Å². The highest BCUT2D eigenvalue weighted by Gasteiger charge is 2.10. The molecule has 0 aromatic carbocycles. The number of aryl methyl sites for hydroxylation is 2. The minimum absolute atomic E-state index is 0.228. The minimum Gasteiger partial charge on any atom is -0.311 e. The maximum absolute atomic E-state index is 11.2. The van der Waals surface area contributed by atoms with Gasteiger partial charge in [-0.15, -0.1) is 0 Å². The first-order valence-electron chi connectivity index (χ1n) is 5.64. The molecular formula is C11H20ClN3OS. The highest BCUT2D eigenvalue weighted by atomic mass is 35.5. The van der Waals surface area contributed by atoms with Gasteiger partial charge in [-0.1, -0.05) is 18.5 Å². The van der Waals surface area contributed by atoms with Crippen molar-refractivity contribution in [3.05, 3.63) is 16.4 Å². The van der Waals surface area contributed by atoms with E-state index in [9.17, 15) is 4.21 Å². The normalized spacial score (nSPS) is 14.9. The third kappa shape index (κ3) is 4.08. The first-order valence-corrected chi connectivity index (χ1v) is 7.64. The maximum Gasteiger partial charge on any atom is 0.0860 e. The van der Waals surface area contributed by atoms with E-state index in [0.717, 1.165) is 29.4 Å². The van der Waals surface area contributed by atoms with Crippen molar-refractivity contribution in [2.24, 2.45) is 7.05 Å². The fourth-order valence-electron chi connectivity index (χ4n) is 1.55. The molecule has 0 aliphatic carbocycles. The van der Waals surface area contributed by atoms with Crippen LogP contribution in [0.25, 0.3) is 0 Å². The van der Waals surface area contributed by atoms with E-state index in [1.165, 1.54) is 0 Å². The van der Waals surface area contributed by atoms with Crippen molar-refractivity contribution in [3.63, 3.8) is 0 Å². The molecule has 0 bridgehead atoms. The Morgan fingerprint density at radius 2 is 2.24 bits per heavy atom. The van der Waals surface area contributed by atoms with E-state index in [1.807, 2.05) is 20.9 Å². The van der Waals surface area contributed by atoms with Crippen LogP contribution in [0.3, 0.4) is 0 Å². The third-order valence-corrected chi connectivity index (χ3v) is 4.71. The molecule has 6 heteroatoms. The first kappa shape index (κ1) is 14.7. The largest absolute Gasteiger partial charge is 0.311 e. The molecule has 1 rings (SSSR count). The molecule has 1 heterocycles. The molecule has 2 unspecified atom stereocenters. The number of aromatic nitrogens is 2. The van der Waals surface area contributed by atoms with Crippen molar-refractivity contribution in [1.82, 2.24) is 15.1 Å². The number of halogens is 1. The minimum atomic E-state index is -0.747. The van der Waals surface area contributed by atoms with Gasteiger partial charge in [0.25, 0.3) is 0 Å². The molecule has 1 aromatic rings. The molecule has 0 aliphatic heterocycles. The van der Waals surface area contributed by atoms with Crippen LogP contribution in [-0.4, -0.2) is 32.0 Å². The molecule has 0 saturated carbocycles. The van der Waals surface area contributed by atoms with E-state index >= 15 is 0 Å². The van der Waals surface area contributed by atoms with Gasteiger partial charge in [0.1, 0.15) is 0 Å². The molecule has 0 saturated heterocycles. The topological polar surface area (TPSA) is 46.9 Å². The standard InChI is InChI=1S/C11H20ClN3OS/c1-8(17(4)16)5-6-13-7-10-11(12)9(2)14-15(10)3/h8,13H,5-7H2,1-4H3. The average Bonchev–Trinajstić information content (AvgIpc) is 2.49. The van der Waals surface area contributed by atoms with E-state index in [0.29, 0.717) is 6.54 Å². The quantitative estimate of drug-likeness (QED) is 0.804. The van der Waals surface area contributed by atoms with Gasteiger partial charge in [-0.2, -0.15) is 5.10 Å². The van der Waals surface area contributed by atoms with Crippen LogP contribution >= 0.6 is 11.6 Å². The second-order valence-electron chi connectivity index (χ2n) is 4.24. The Morgan fingerprint density at radius 1 is 1.59 bits per heavy atom. The zero-order chi connectivity index (χ0) is 13.0. The summed E-state index contributed by atoms with van der Waals surface area (Å²) in [5, 5.41) is 8.51. The molecule has 0 radical (unpaired) electrons. The lowest BCUT2D eigenvalue weighted by atomic mass is 10.3. The number of hydrogen-bond donors (Lipinski definition) is 1. The highest BCUT2D eigenvalue weighted by Crippen LogP contribution is 2.18. The Kier molecular flexibility index (Phi) is 5.62. The van der Waals surface area contributed by atoms with Crippen molar-refractivity contribution >= 4 is 22.4 Å². The molecule has 2 atom stereocenters. The summed E-state index contributed by atoms with van der Waals surface area (Å²) in [6.07, 6.45) is 2.64. The summed E-state index contributed by atoms with van der Waals surface area (Å²) >= 11 is 6.13. The fraction of sp³-hybridized carbons (Fsp3) is 0.727. The van der Waals surface area contributed by atoms with E-state index < -0.39 is 10.8 Å². The Labute approximate surface area is 110 Å². The molecule has 0 aliphatic rings. The first-order chi connectivity index (χ1) is 7.93. The monoisotopic (exact) mass is 277 g/mol. The second-order valence-corrected chi connectivity index (χ2v) is 6.42. The molecule has 0 fully saturated rings. The van der Waals surface area contributed by atoms with Crippen LogP contribution < -0.4 is 5.32 Å². The van der Waals surface area contributed by atoms with Gasteiger partial charge in [0.15, 0.2) is 0 Å². The molecule has 4 nitrogen and oxygen atoms in total. The molecule has 98 valence electrons. The summed E-state index contributed by atoms with van der Waals surface area (Å²) in [7, 11) is 1.14. The Bertz CT molecular complexity index is 406. The van der Waals surface area contributed by atoms with Crippen LogP contribution in [0, 0.1) is 6.92 Å². The number of rotatable bonds is 6. The van der Waals surface area contributed by atoms with Crippen molar-refractivity contribution in [2.45, 2.75) is 32.1 Å². The van der Waals surface area contributed by atoms with E-state index in [2.05, 4.69) is 10.4 Å². The van der Waals surface area contributed by atoms with Gasteiger partial charge < -0.3 is 5.32 Å². The van der Waals surface area contributed by atoms with E-state index in [4.69, 9.17) is 11.6 Å². The maximum atomic E-state index is 11.2. The zero-order valence-corrected chi connectivity index (χ0v) is 12.4. The van der Waals surface area contributed by atoms with Crippen LogP contribution in [0.15, 0.2) is 0 Å². The van der Waals surface area contributed by atoms with Crippen molar-refractivity contribution in [2.75, 3.05) is 12.8 Å². The summed E-state index contributed by atoms with van der Waals surface area (Å²) in [5.74, 6) is 0. The highest BCUT2D eigenvalue weighted by molar-refractivity contribution is 7.84. The van der Waals surface area contributed by atoms with Gasteiger partial charge in [-0.25, -0.2) is 0 Å². The smallest absolute Gasteiger partial charge is 0.0860 e. The SMILES string of the molecule is Cc1nn(C)c(CNCCC(C)S(C)=O)c1Cl. The Morgan fingerprint density at radius 3 is 2.71 bits per heavy atom. The molecule has 0 spiro atoms. The Balaban J connectivity index is 2.39. The van der Waals surface area contributed by atoms with Crippen LogP contribution in [0.4, 0.5) is 0 Å². The fourth-order valence-corrected chi connectivity index (χ4v) is 2.23. The van der Waals surface area contributed by atoms with Gasteiger partial charge >= 0.3 is 0 Å². The van der Waals surface area contributed by atoms with Crippen molar-refractivity contribution < 1.29 is 4.21 Å². The van der Waals surface area contributed by atoms with Crippen LogP contribution in [0.5, 0.6) is 0 Å². The van der Waals surface area contributed by atoms with Crippen molar-refractivity contribution in [1.29, 1.82) is 0 Å². The van der Waals surface area contributed by atoms with E-state index in [1.54, 1.807) is 10.9 Å². The molecule has 0 amide bonds. The summed E-state index contributed by atoms with van der Waals surface area (Å²) in [6, 6.07) is 0. The van der Waals surface area contributed by atoms with Crippen LogP contribution in [-0.2, 0) is 24.4 Å². The molecule has 1 aromatic heterocycles. The summed E-state index contributed by atoms with van der Waals surface area (Å²) in [4.78, 5) is 0. The zero-order valence-electron chi connectivity index (χ0n) is 10.8. The number of nitrogens with zero attached hydrogens (tertiary/aromatic N) is 2. The van der Waals surface area contributed by atoms with Crippen molar-refractivity contribution in [3.8, 4) is 0 Å². The van der Waals surface area contributed by atoms with Gasteiger partial charge in [0, 0.05) is 35.9 Å². The lowest BCUT2D eigenvalue weighted by Crippen LogP contribution is -2.22. The predicted octanol–water partition coefficient (Wildman–Crippen LogP) is 1.63. The average molecular weight is 278 g/mol. The lowest BCUT2D eigenvalue weighted by Gasteiger charge is -2.09. The summed E-state index contributed by atoms with van der Waals surface area (Å²) in [6.45, 7) is 5.42.